The van der Waals surface area contributed by atoms with Crippen LogP contribution in [-0.4, -0.2) is 39.0 Å². The Balaban J connectivity index is 2.24. The summed E-state index contributed by atoms with van der Waals surface area (Å²) in [5, 5.41) is 9.45. The molecule has 0 radical (unpaired) electrons. The van der Waals surface area contributed by atoms with Gasteiger partial charge in [-0.1, -0.05) is 13.3 Å². The van der Waals surface area contributed by atoms with Gasteiger partial charge >= 0.3 is 5.97 Å². The van der Waals surface area contributed by atoms with Crippen LogP contribution in [-0.2, 0) is 4.79 Å². The summed E-state index contributed by atoms with van der Waals surface area (Å²) in [6, 6.07) is 3.08. The molecule has 2 atom stereocenters. The SMILES string of the molecule is CCC1CCN(C(=O)c2cccn2C(C)C)C(C(=O)O)C1. The standard InChI is InChI=1S/C16H24N2O3/c1-4-12-7-9-18(14(10-12)16(20)21)15(19)13-6-5-8-17(13)11(2)3/h5-6,8,11-12,14H,4,7,9-10H2,1-3H3,(H,20,21). The Morgan fingerprint density at radius 3 is 2.71 bits per heavy atom. The maximum absolute atomic E-state index is 12.7. The van der Waals surface area contributed by atoms with E-state index in [-0.39, 0.29) is 11.9 Å². The third-order valence-electron chi connectivity index (χ3n) is 4.39. The first-order chi connectivity index (χ1) is 9.95. The van der Waals surface area contributed by atoms with Crippen LogP contribution in [0.1, 0.15) is 56.6 Å². The molecule has 1 aliphatic heterocycles. The van der Waals surface area contributed by atoms with Gasteiger partial charge in [0.05, 0.1) is 0 Å². The molecule has 0 spiro atoms. The predicted octanol–water partition coefficient (Wildman–Crippen LogP) is 2.78. The maximum atomic E-state index is 12.7. The molecule has 5 heteroatoms. The molecule has 2 unspecified atom stereocenters. The average molecular weight is 292 g/mol. The molecule has 0 bridgehead atoms. The fourth-order valence-corrected chi connectivity index (χ4v) is 3.06. The normalized spacial score (nSPS) is 22.6. The van der Waals surface area contributed by atoms with Gasteiger partial charge in [-0.25, -0.2) is 4.79 Å². The van der Waals surface area contributed by atoms with Crippen LogP contribution in [0.25, 0.3) is 0 Å². The second-order valence-electron chi connectivity index (χ2n) is 6.05. The summed E-state index contributed by atoms with van der Waals surface area (Å²) in [7, 11) is 0. The van der Waals surface area contributed by atoms with Crippen LogP contribution in [0.4, 0.5) is 0 Å². The van der Waals surface area contributed by atoms with E-state index in [0.717, 1.165) is 12.8 Å². The molecule has 0 aromatic carbocycles. The fourth-order valence-electron chi connectivity index (χ4n) is 3.06. The molecule has 2 heterocycles. The molecule has 0 aliphatic carbocycles. The summed E-state index contributed by atoms with van der Waals surface area (Å²) in [6.45, 7) is 6.62. The van der Waals surface area contributed by atoms with Crippen molar-refractivity contribution in [2.24, 2.45) is 5.92 Å². The van der Waals surface area contributed by atoms with E-state index in [0.29, 0.717) is 24.6 Å². The molecule has 1 aliphatic rings. The number of carboxylic acid groups (broad SMARTS) is 1. The molecule has 1 fully saturated rings. The second kappa shape index (κ2) is 6.33. The van der Waals surface area contributed by atoms with E-state index in [9.17, 15) is 14.7 Å². The number of rotatable bonds is 4. The van der Waals surface area contributed by atoms with Gasteiger partial charge < -0.3 is 14.6 Å². The van der Waals surface area contributed by atoms with E-state index >= 15 is 0 Å². The Morgan fingerprint density at radius 2 is 2.14 bits per heavy atom. The largest absolute Gasteiger partial charge is 0.480 e. The monoisotopic (exact) mass is 292 g/mol. The first kappa shape index (κ1) is 15.6. The van der Waals surface area contributed by atoms with Gasteiger partial charge in [0, 0.05) is 18.8 Å². The highest BCUT2D eigenvalue weighted by Gasteiger charge is 2.36. The van der Waals surface area contributed by atoms with Crippen molar-refractivity contribution in [2.75, 3.05) is 6.54 Å². The fraction of sp³-hybridized carbons (Fsp3) is 0.625. The molecule has 21 heavy (non-hydrogen) atoms. The molecule has 116 valence electrons. The molecule has 1 amide bonds. The Labute approximate surface area is 125 Å². The van der Waals surface area contributed by atoms with E-state index < -0.39 is 12.0 Å². The van der Waals surface area contributed by atoms with Crippen LogP contribution >= 0.6 is 0 Å². The van der Waals surface area contributed by atoms with Crippen molar-refractivity contribution in [3.63, 3.8) is 0 Å². The van der Waals surface area contributed by atoms with Crippen molar-refractivity contribution in [1.82, 2.24) is 9.47 Å². The van der Waals surface area contributed by atoms with Gasteiger partial charge in [0.1, 0.15) is 11.7 Å². The quantitative estimate of drug-likeness (QED) is 0.928. The number of carbonyl (C=O) groups excluding carboxylic acids is 1. The van der Waals surface area contributed by atoms with Crippen LogP contribution in [0.15, 0.2) is 18.3 Å². The Kier molecular flexibility index (Phi) is 4.70. The number of aromatic nitrogens is 1. The van der Waals surface area contributed by atoms with Gasteiger partial charge in [0.25, 0.3) is 5.91 Å². The van der Waals surface area contributed by atoms with Crippen LogP contribution in [0.3, 0.4) is 0 Å². The lowest BCUT2D eigenvalue weighted by Gasteiger charge is -2.37. The average Bonchev–Trinajstić information content (AvgIpc) is 2.95. The van der Waals surface area contributed by atoms with Crippen molar-refractivity contribution < 1.29 is 14.7 Å². The summed E-state index contributed by atoms with van der Waals surface area (Å²) in [5.41, 5.74) is 0.575. The topological polar surface area (TPSA) is 62.5 Å². The second-order valence-corrected chi connectivity index (χ2v) is 6.05. The van der Waals surface area contributed by atoms with Gasteiger partial charge in [-0.15, -0.1) is 0 Å². The maximum Gasteiger partial charge on any atom is 0.326 e. The molecule has 1 aromatic rings. The third-order valence-corrected chi connectivity index (χ3v) is 4.39. The summed E-state index contributed by atoms with van der Waals surface area (Å²) >= 11 is 0. The van der Waals surface area contributed by atoms with Crippen molar-refractivity contribution in [3.8, 4) is 0 Å². The van der Waals surface area contributed by atoms with Gasteiger partial charge in [-0.05, 0) is 44.7 Å². The first-order valence-corrected chi connectivity index (χ1v) is 7.66. The highest BCUT2D eigenvalue weighted by Crippen LogP contribution is 2.27. The van der Waals surface area contributed by atoms with Crippen LogP contribution in [0.5, 0.6) is 0 Å². The predicted molar refractivity (Wildman–Crippen MR) is 80.3 cm³/mol. The molecule has 1 aromatic heterocycles. The number of piperidine rings is 1. The number of likely N-dealkylation sites (tertiary alicyclic amines) is 1. The first-order valence-electron chi connectivity index (χ1n) is 7.66. The lowest BCUT2D eigenvalue weighted by Crippen LogP contribution is -2.50. The van der Waals surface area contributed by atoms with E-state index in [1.807, 2.05) is 30.7 Å². The van der Waals surface area contributed by atoms with Crippen molar-refractivity contribution in [3.05, 3.63) is 24.0 Å². The van der Waals surface area contributed by atoms with Gasteiger partial charge in [-0.2, -0.15) is 0 Å². The zero-order valence-corrected chi connectivity index (χ0v) is 13.0. The summed E-state index contributed by atoms with van der Waals surface area (Å²) in [6.07, 6.45) is 4.27. The Morgan fingerprint density at radius 1 is 1.43 bits per heavy atom. The van der Waals surface area contributed by atoms with Gasteiger partial charge in [0.15, 0.2) is 0 Å². The molecular formula is C16H24N2O3. The Bertz CT molecular complexity index is 521. The zero-order chi connectivity index (χ0) is 15.6. The van der Waals surface area contributed by atoms with Gasteiger partial charge in [-0.3, -0.25) is 4.79 Å². The van der Waals surface area contributed by atoms with Gasteiger partial charge in [0.2, 0.25) is 0 Å². The van der Waals surface area contributed by atoms with E-state index in [1.165, 1.54) is 4.90 Å². The molecule has 0 saturated carbocycles. The van der Waals surface area contributed by atoms with Crippen LogP contribution in [0, 0.1) is 5.92 Å². The number of carboxylic acids is 1. The number of nitrogens with zero attached hydrogens (tertiary/aromatic N) is 2. The summed E-state index contributed by atoms with van der Waals surface area (Å²) in [4.78, 5) is 25.8. The highest BCUT2D eigenvalue weighted by molar-refractivity contribution is 5.95. The number of aliphatic carboxylic acids is 1. The lowest BCUT2D eigenvalue weighted by molar-refractivity contribution is -0.144. The minimum absolute atomic E-state index is 0.171. The van der Waals surface area contributed by atoms with Crippen LogP contribution in [0.2, 0.25) is 0 Å². The minimum Gasteiger partial charge on any atom is -0.480 e. The number of carbonyl (C=O) groups is 2. The zero-order valence-electron chi connectivity index (χ0n) is 13.0. The molecular weight excluding hydrogens is 268 g/mol. The molecule has 1 saturated heterocycles. The summed E-state index contributed by atoms with van der Waals surface area (Å²) < 4.78 is 1.90. The van der Waals surface area contributed by atoms with E-state index in [4.69, 9.17) is 0 Å². The third kappa shape index (κ3) is 3.12. The van der Waals surface area contributed by atoms with Crippen molar-refractivity contribution in [2.45, 2.75) is 52.1 Å². The number of amides is 1. The van der Waals surface area contributed by atoms with E-state index in [1.54, 1.807) is 6.07 Å². The smallest absolute Gasteiger partial charge is 0.326 e. The van der Waals surface area contributed by atoms with Crippen molar-refractivity contribution >= 4 is 11.9 Å². The number of hydrogen-bond acceptors (Lipinski definition) is 2. The van der Waals surface area contributed by atoms with Crippen LogP contribution < -0.4 is 0 Å². The number of hydrogen-bond donors (Lipinski definition) is 1. The highest BCUT2D eigenvalue weighted by atomic mass is 16.4. The summed E-state index contributed by atoms with van der Waals surface area (Å²) in [5.74, 6) is -0.674. The lowest BCUT2D eigenvalue weighted by atomic mass is 9.88. The molecule has 1 N–H and O–H groups in total. The van der Waals surface area contributed by atoms with Crippen molar-refractivity contribution in [1.29, 1.82) is 0 Å². The van der Waals surface area contributed by atoms with E-state index in [2.05, 4.69) is 6.92 Å². The Hall–Kier alpha value is -1.78. The molecule has 2 rings (SSSR count). The minimum atomic E-state index is -0.899. The molecule has 5 nitrogen and oxygen atoms in total.